The molecule has 70 valence electrons. The summed E-state index contributed by atoms with van der Waals surface area (Å²) in [7, 11) is 0. The van der Waals surface area contributed by atoms with E-state index in [2.05, 4.69) is 6.92 Å². The van der Waals surface area contributed by atoms with Crippen molar-refractivity contribution in [2.45, 2.75) is 32.7 Å². The summed E-state index contributed by atoms with van der Waals surface area (Å²) < 4.78 is 0. The summed E-state index contributed by atoms with van der Waals surface area (Å²) in [6, 6.07) is 0.224. The van der Waals surface area contributed by atoms with E-state index in [-0.39, 0.29) is 24.5 Å². The van der Waals surface area contributed by atoms with Gasteiger partial charge in [-0.15, -0.1) is 0 Å². The second-order valence-corrected chi connectivity index (χ2v) is 3.47. The Balaban J connectivity index is 2.57. The molecular weight excluding hydrogens is 154 g/mol. The number of aliphatic hydroxyl groups excluding tert-OH is 1. The van der Waals surface area contributed by atoms with E-state index in [0.717, 1.165) is 13.0 Å². The van der Waals surface area contributed by atoms with E-state index in [1.54, 1.807) is 0 Å². The quantitative estimate of drug-likeness (QED) is 0.676. The van der Waals surface area contributed by atoms with Crippen molar-refractivity contribution in [2.75, 3.05) is 13.2 Å². The lowest BCUT2D eigenvalue weighted by atomic mass is 10.0. The fraction of sp³-hybridized carbons (Fsp3) is 0.889. The molecule has 1 rings (SSSR count). The molecule has 1 saturated heterocycles. The summed E-state index contributed by atoms with van der Waals surface area (Å²) in [5.74, 6) is 0.354. The average molecular weight is 171 g/mol. The minimum Gasteiger partial charge on any atom is -0.396 e. The summed E-state index contributed by atoms with van der Waals surface area (Å²) in [5, 5.41) is 8.96. The van der Waals surface area contributed by atoms with Crippen molar-refractivity contribution >= 4 is 5.91 Å². The van der Waals surface area contributed by atoms with Crippen LogP contribution in [0.15, 0.2) is 0 Å². The summed E-state index contributed by atoms with van der Waals surface area (Å²) in [6.07, 6.45) is 1.52. The molecule has 0 aromatic heterocycles. The van der Waals surface area contributed by atoms with Crippen molar-refractivity contribution in [3.63, 3.8) is 0 Å². The van der Waals surface area contributed by atoms with E-state index >= 15 is 0 Å². The molecule has 3 heteroatoms. The SMILES string of the molecule is CCCN1C(=O)CC(CO)C1C. The highest BCUT2D eigenvalue weighted by Crippen LogP contribution is 2.24. The third-order valence-electron chi connectivity index (χ3n) is 2.63. The Bertz CT molecular complexity index is 170. The van der Waals surface area contributed by atoms with Crippen molar-refractivity contribution in [1.82, 2.24) is 4.90 Å². The van der Waals surface area contributed by atoms with Crippen LogP contribution in [0.2, 0.25) is 0 Å². The van der Waals surface area contributed by atoms with Gasteiger partial charge in [0.25, 0.3) is 0 Å². The molecule has 1 heterocycles. The summed E-state index contributed by atoms with van der Waals surface area (Å²) >= 11 is 0. The molecule has 0 radical (unpaired) electrons. The van der Waals surface area contributed by atoms with Gasteiger partial charge in [-0.1, -0.05) is 6.92 Å². The van der Waals surface area contributed by atoms with Crippen LogP contribution in [-0.4, -0.2) is 35.1 Å². The van der Waals surface area contributed by atoms with E-state index in [1.807, 2.05) is 11.8 Å². The van der Waals surface area contributed by atoms with E-state index in [4.69, 9.17) is 5.11 Å². The van der Waals surface area contributed by atoms with Gasteiger partial charge in [0.05, 0.1) is 0 Å². The number of carbonyl (C=O) groups excluding carboxylic acids is 1. The zero-order valence-electron chi connectivity index (χ0n) is 7.79. The molecule has 1 amide bonds. The molecule has 1 aliphatic rings. The maximum Gasteiger partial charge on any atom is 0.223 e. The van der Waals surface area contributed by atoms with Crippen LogP contribution < -0.4 is 0 Å². The molecule has 0 saturated carbocycles. The number of aliphatic hydroxyl groups is 1. The molecule has 0 aromatic rings. The predicted octanol–water partition coefficient (Wildman–Crippen LogP) is 0.626. The van der Waals surface area contributed by atoms with Crippen molar-refractivity contribution in [3.8, 4) is 0 Å². The van der Waals surface area contributed by atoms with Crippen molar-refractivity contribution in [2.24, 2.45) is 5.92 Å². The van der Waals surface area contributed by atoms with Gasteiger partial charge in [0.1, 0.15) is 0 Å². The van der Waals surface area contributed by atoms with E-state index in [1.165, 1.54) is 0 Å². The first-order valence-corrected chi connectivity index (χ1v) is 4.61. The Morgan fingerprint density at radius 3 is 2.75 bits per heavy atom. The van der Waals surface area contributed by atoms with Gasteiger partial charge in [-0.2, -0.15) is 0 Å². The molecule has 0 bridgehead atoms. The van der Waals surface area contributed by atoms with Gasteiger partial charge in [-0.25, -0.2) is 0 Å². The van der Waals surface area contributed by atoms with Gasteiger partial charge >= 0.3 is 0 Å². The third kappa shape index (κ3) is 1.61. The monoisotopic (exact) mass is 171 g/mol. The first-order valence-electron chi connectivity index (χ1n) is 4.61. The number of hydrogen-bond donors (Lipinski definition) is 1. The third-order valence-corrected chi connectivity index (χ3v) is 2.63. The Kier molecular flexibility index (Phi) is 3.09. The summed E-state index contributed by atoms with van der Waals surface area (Å²) in [6.45, 7) is 5.04. The van der Waals surface area contributed by atoms with Gasteiger partial charge in [0.15, 0.2) is 0 Å². The number of nitrogens with zero attached hydrogens (tertiary/aromatic N) is 1. The lowest BCUT2D eigenvalue weighted by molar-refractivity contribution is -0.128. The molecule has 0 aliphatic carbocycles. The first-order chi connectivity index (χ1) is 5.70. The number of likely N-dealkylation sites (tertiary alicyclic amines) is 1. The predicted molar refractivity (Wildman–Crippen MR) is 46.7 cm³/mol. The Morgan fingerprint density at radius 1 is 1.67 bits per heavy atom. The second-order valence-electron chi connectivity index (χ2n) is 3.47. The molecule has 2 unspecified atom stereocenters. The smallest absolute Gasteiger partial charge is 0.223 e. The highest BCUT2D eigenvalue weighted by Gasteiger charge is 2.35. The van der Waals surface area contributed by atoms with Crippen LogP contribution in [0, 0.1) is 5.92 Å². The van der Waals surface area contributed by atoms with E-state index < -0.39 is 0 Å². The molecule has 0 spiro atoms. The van der Waals surface area contributed by atoms with Gasteiger partial charge < -0.3 is 10.0 Å². The van der Waals surface area contributed by atoms with Crippen LogP contribution in [0.5, 0.6) is 0 Å². The van der Waals surface area contributed by atoms with Crippen LogP contribution in [-0.2, 0) is 4.79 Å². The largest absolute Gasteiger partial charge is 0.396 e. The highest BCUT2D eigenvalue weighted by molar-refractivity contribution is 5.79. The lowest BCUT2D eigenvalue weighted by Gasteiger charge is -2.23. The minimum atomic E-state index is 0.132. The molecule has 3 nitrogen and oxygen atoms in total. The number of hydrogen-bond acceptors (Lipinski definition) is 2. The van der Waals surface area contributed by atoms with Gasteiger partial charge in [-0.05, 0) is 13.3 Å². The molecule has 1 N–H and O–H groups in total. The Morgan fingerprint density at radius 2 is 2.33 bits per heavy atom. The number of rotatable bonds is 3. The molecule has 1 aliphatic heterocycles. The van der Waals surface area contributed by atoms with Crippen molar-refractivity contribution in [1.29, 1.82) is 0 Å². The van der Waals surface area contributed by atoms with Crippen molar-refractivity contribution in [3.05, 3.63) is 0 Å². The van der Waals surface area contributed by atoms with Crippen LogP contribution in [0.25, 0.3) is 0 Å². The topological polar surface area (TPSA) is 40.5 Å². The maximum absolute atomic E-state index is 11.4. The average Bonchev–Trinajstić information content (AvgIpc) is 2.32. The summed E-state index contributed by atoms with van der Waals surface area (Å²) in [5.41, 5.74) is 0. The molecule has 0 aromatic carbocycles. The molecule has 12 heavy (non-hydrogen) atoms. The maximum atomic E-state index is 11.4. The number of amides is 1. The van der Waals surface area contributed by atoms with E-state index in [0.29, 0.717) is 6.42 Å². The highest BCUT2D eigenvalue weighted by atomic mass is 16.3. The molecule has 2 atom stereocenters. The first kappa shape index (κ1) is 9.52. The van der Waals surface area contributed by atoms with Crippen LogP contribution >= 0.6 is 0 Å². The Hall–Kier alpha value is -0.570. The lowest BCUT2D eigenvalue weighted by Crippen LogP contribution is -2.34. The minimum absolute atomic E-state index is 0.132. The molecule has 1 fully saturated rings. The normalized spacial score (nSPS) is 29.9. The van der Waals surface area contributed by atoms with Crippen molar-refractivity contribution < 1.29 is 9.90 Å². The van der Waals surface area contributed by atoms with Crippen LogP contribution in [0.1, 0.15) is 26.7 Å². The van der Waals surface area contributed by atoms with Gasteiger partial charge in [0.2, 0.25) is 5.91 Å². The second kappa shape index (κ2) is 3.90. The fourth-order valence-corrected chi connectivity index (χ4v) is 1.78. The van der Waals surface area contributed by atoms with E-state index in [9.17, 15) is 4.79 Å². The Labute approximate surface area is 73.4 Å². The fourth-order valence-electron chi connectivity index (χ4n) is 1.78. The van der Waals surface area contributed by atoms with Crippen LogP contribution in [0.3, 0.4) is 0 Å². The molecular formula is C9H17NO2. The van der Waals surface area contributed by atoms with Gasteiger partial charge in [-0.3, -0.25) is 4.79 Å². The number of carbonyl (C=O) groups is 1. The summed E-state index contributed by atoms with van der Waals surface area (Å²) in [4.78, 5) is 13.2. The zero-order chi connectivity index (χ0) is 9.14. The van der Waals surface area contributed by atoms with Gasteiger partial charge in [0, 0.05) is 31.5 Å². The zero-order valence-corrected chi connectivity index (χ0v) is 7.79. The van der Waals surface area contributed by atoms with Crippen LogP contribution in [0.4, 0.5) is 0 Å². The standard InChI is InChI=1S/C9H17NO2/c1-3-4-10-7(2)8(6-11)5-9(10)12/h7-8,11H,3-6H2,1-2H3.